The lowest BCUT2D eigenvalue weighted by Crippen LogP contribution is -2.51. The average molecular weight is 268 g/mol. The number of hydrogen-bond acceptors (Lipinski definition) is 2. The van der Waals surface area contributed by atoms with Crippen molar-refractivity contribution in [1.82, 2.24) is 10.2 Å². The lowest BCUT2D eigenvalue weighted by molar-refractivity contribution is 0.0656. The van der Waals surface area contributed by atoms with E-state index in [1.54, 1.807) is 4.90 Å². The second-order valence-corrected chi connectivity index (χ2v) is 5.23. The third-order valence-electron chi connectivity index (χ3n) is 3.92. The Hall–Kier alpha value is -1.49. The van der Waals surface area contributed by atoms with E-state index in [0.717, 1.165) is 31.0 Å². The number of rotatable bonds is 2. The van der Waals surface area contributed by atoms with Gasteiger partial charge in [-0.15, -0.1) is 0 Å². The number of hydrogen-bond donors (Lipinski definition) is 1. The molecule has 1 aliphatic heterocycles. The molecule has 1 fully saturated rings. The normalized spacial score (nSPS) is 18.4. The second kappa shape index (κ2) is 5.25. The Bertz CT molecular complexity index is 482. The van der Waals surface area contributed by atoms with Gasteiger partial charge in [0.05, 0.1) is 5.56 Å². The number of carbonyl (C=O) groups excluding carboxylic acids is 1. The highest BCUT2D eigenvalue weighted by atomic mass is 19.1. The topological polar surface area (TPSA) is 32.3 Å². The van der Waals surface area contributed by atoms with Crippen molar-refractivity contribution >= 4 is 5.91 Å². The summed E-state index contributed by atoms with van der Waals surface area (Å²) >= 11 is 0. The maximum Gasteiger partial charge on any atom is 0.256 e. The second-order valence-electron chi connectivity index (χ2n) is 5.23. The largest absolute Gasteiger partial charge is 0.338 e. The summed E-state index contributed by atoms with van der Waals surface area (Å²) in [6, 6.07) is 2.97. The highest BCUT2D eigenvalue weighted by molar-refractivity contribution is 5.94. The molecule has 0 unspecified atom stereocenters. The van der Waals surface area contributed by atoms with Crippen molar-refractivity contribution in [2.24, 2.45) is 0 Å². The number of benzene rings is 1. The Balaban J connectivity index is 2.11. The van der Waals surface area contributed by atoms with Crippen LogP contribution >= 0.6 is 0 Å². The van der Waals surface area contributed by atoms with Gasteiger partial charge in [0.2, 0.25) is 0 Å². The third-order valence-corrected chi connectivity index (χ3v) is 3.92. The summed E-state index contributed by atoms with van der Waals surface area (Å²) in [5.41, 5.74) is -0.176. The molecule has 1 amide bonds. The van der Waals surface area contributed by atoms with Crippen molar-refractivity contribution in [3.05, 3.63) is 35.4 Å². The zero-order valence-electron chi connectivity index (χ0n) is 11.2. The molecule has 2 rings (SSSR count). The van der Waals surface area contributed by atoms with Crippen LogP contribution in [0.5, 0.6) is 0 Å². The van der Waals surface area contributed by atoms with E-state index in [0.29, 0.717) is 13.1 Å². The van der Waals surface area contributed by atoms with E-state index in [-0.39, 0.29) is 11.1 Å². The molecule has 19 heavy (non-hydrogen) atoms. The van der Waals surface area contributed by atoms with E-state index in [1.165, 1.54) is 0 Å². The summed E-state index contributed by atoms with van der Waals surface area (Å²) in [6.45, 7) is 3.19. The summed E-state index contributed by atoms with van der Waals surface area (Å²) in [5, 5.41) is 3.23. The number of nitrogens with one attached hydrogen (secondary N) is 1. The molecule has 0 saturated carbocycles. The van der Waals surface area contributed by atoms with E-state index in [9.17, 15) is 13.6 Å². The number of likely N-dealkylation sites (tertiary alicyclic amines) is 1. The maximum absolute atomic E-state index is 13.6. The first-order valence-electron chi connectivity index (χ1n) is 6.38. The highest BCUT2D eigenvalue weighted by Crippen LogP contribution is 2.23. The predicted molar refractivity (Wildman–Crippen MR) is 69.0 cm³/mol. The van der Waals surface area contributed by atoms with Gasteiger partial charge in [-0.2, -0.15) is 0 Å². The molecule has 104 valence electrons. The number of carbonyl (C=O) groups is 1. The van der Waals surface area contributed by atoms with Gasteiger partial charge in [-0.3, -0.25) is 4.79 Å². The van der Waals surface area contributed by atoms with E-state index >= 15 is 0 Å². The van der Waals surface area contributed by atoms with Crippen molar-refractivity contribution in [2.75, 3.05) is 20.1 Å². The molecule has 1 N–H and O–H groups in total. The first-order valence-corrected chi connectivity index (χ1v) is 6.38. The van der Waals surface area contributed by atoms with Gasteiger partial charge in [0.1, 0.15) is 11.6 Å². The minimum Gasteiger partial charge on any atom is -0.338 e. The smallest absolute Gasteiger partial charge is 0.256 e. The van der Waals surface area contributed by atoms with Crippen molar-refractivity contribution in [3.63, 3.8) is 0 Å². The summed E-state index contributed by atoms with van der Waals surface area (Å²) in [6.07, 6.45) is 1.60. The van der Waals surface area contributed by atoms with Crippen molar-refractivity contribution < 1.29 is 13.6 Å². The molecular formula is C14H18F2N2O. The molecular weight excluding hydrogens is 250 g/mol. The molecule has 3 nitrogen and oxygen atoms in total. The van der Waals surface area contributed by atoms with Gasteiger partial charge in [0.25, 0.3) is 5.91 Å². The van der Waals surface area contributed by atoms with Crippen molar-refractivity contribution in [3.8, 4) is 0 Å². The van der Waals surface area contributed by atoms with E-state index < -0.39 is 17.5 Å². The highest BCUT2D eigenvalue weighted by Gasteiger charge is 2.31. The van der Waals surface area contributed by atoms with E-state index in [4.69, 9.17) is 0 Å². The van der Waals surface area contributed by atoms with Crippen LogP contribution in [-0.4, -0.2) is 36.5 Å². The van der Waals surface area contributed by atoms with Crippen LogP contribution in [0.15, 0.2) is 18.2 Å². The van der Waals surface area contributed by atoms with Crippen LogP contribution in [0.25, 0.3) is 0 Å². The van der Waals surface area contributed by atoms with Crippen LogP contribution in [0, 0.1) is 11.6 Å². The van der Waals surface area contributed by atoms with Crippen LogP contribution in [0.3, 0.4) is 0 Å². The molecule has 1 heterocycles. The molecule has 0 aliphatic carbocycles. The average Bonchev–Trinajstić information content (AvgIpc) is 2.42. The Morgan fingerprint density at radius 3 is 2.53 bits per heavy atom. The Morgan fingerprint density at radius 1 is 1.32 bits per heavy atom. The molecule has 1 aromatic rings. The van der Waals surface area contributed by atoms with Crippen LogP contribution < -0.4 is 5.32 Å². The van der Waals surface area contributed by atoms with E-state index in [1.807, 2.05) is 7.05 Å². The van der Waals surface area contributed by atoms with Crippen molar-refractivity contribution in [2.45, 2.75) is 25.3 Å². The fourth-order valence-corrected chi connectivity index (χ4v) is 2.29. The number of amides is 1. The standard InChI is InChI=1S/C14H18F2N2O/c1-14(17-2)5-7-18(8-6-14)13(19)11-9-10(15)3-4-12(11)16/h3-4,9,17H,5-8H2,1-2H3. The predicted octanol–water partition coefficient (Wildman–Crippen LogP) is 2.18. The molecule has 0 spiro atoms. The quantitative estimate of drug-likeness (QED) is 0.891. The molecule has 1 aliphatic rings. The number of nitrogens with zero attached hydrogens (tertiary/aromatic N) is 1. The lowest BCUT2D eigenvalue weighted by Gasteiger charge is -2.39. The molecule has 1 aromatic carbocycles. The Morgan fingerprint density at radius 2 is 1.95 bits per heavy atom. The summed E-state index contributed by atoms with van der Waals surface area (Å²) in [4.78, 5) is 13.8. The van der Waals surface area contributed by atoms with Gasteiger partial charge in [-0.25, -0.2) is 8.78 Å². The van der Waals surface area contributed by atoms with Crippen LogP contribution in [0.4, 0.5) is 8.78 Å². The van der Waals surface area contributed by atoms with Gasteiger partial charge >= 0.3 is 0 Å². The first kappa shape index (κ1) is 13.9. The zero-order chi connectivity index (χ0) is 14.0. The monoisotopic (exact) mass is 268 g/mol. The summed E-state index contributed by atoms with van der Waals surface area (Å²) in [7, 11) is 1.89. The number of halogens is 2. The van der Waals surface area contributed by atoms with Crippen LogP contribution in [0.1, 0.15) is 30.1 Å². The molecule has 0 radical (unpaired) electrons. The fourth-order valence-electron chi connectivity index (χ4n) is 2.29. The molecule has 0 atom stereocenters. The molecule has 1 saturated heterocycles. The summed E-state index contributed by atoms with van der Waals surface area (Å²) < 4.78 is 26.7. The lowest BCUT2D eigenvalue weighted by atomic mass is 9.89. The molecule has 0 bridgehead atoms. The molecule has 5 heteroatoms. The first-order chi connectivity index (χ1) is 8.95. The molecule has 0 aromatic heterocycles. The maximum atomic E-state index is 13.6. The van der Waals surface area contributed by atoms with Gasteiger partial charge in [-0.05, 0) is 45.0 Å². The van der Waals surface area contributed by atoms with Gasteiger partial charge < -0.3 is 10.2 Å². The minimum atomic E-state index is -0.673. The Labute approximate surface area is 111 Å². The van der Waals surface area contributed by atoms with Gasteiger partial charge in [0, 0.05) is 18.6 Å². The zero-order valence-corrected chi connectivity index (χ0v) is 11.2. The SMILES string of the molecule is CNC1(C)CCN(C(=O)c2cc(F)ccc2F)CC1. The number of piperidine rings is 1. The van der Waals surface area contributed by atoms with Gasteiger partial charge in [0.15, 0.2) is 0 Å². The Kier molecular flexibility index (Phi) is 3.85. The van der Waals surface area contributed by atoms with Gasteiger partial charge in [-0.1, -0.05) is 0 Å². The third kappa shape index (κ3) is 2.92. The minimum absolute atomic E-state index is 0.0112. The summed E-state index contributed by atoms with van der Waals surface area (Å²) in [5.74, 6) is -1.70. The van der Waals surface area contributed by atoms with Crippen molar-refractivity contribution in [1.29, 1.82) is 0 Å². The van der Waals surface area contributed by atoms with Crippen LogP contribution in [0.2, 0.25) is 0 Å². The fraction of sp³-hybridized carbons (Fsp3) is 0.500. The van der Waals surface area contributed by atoms with Crippen LogP contribution in [-0.2, 0) is 0 Å². The van der Waals surface area contributed by atoms with E-state index in [2.05, 4.69) is 12.2 Å².